The van der Waals surface area contributed by atoms with Crippen LogP contribution in [-0.2, 0) is 0 Å². The molecule has 0 bridgehead atoms. The number of fused-ring (bicyclic) bond motifs is 1. The molecule has 2 heterocycles. The molecular weight excluding hydrogens is 328 g/mol. The fraction of sp³-hybridized carbons (Fsp3) is 0.524. The fourth-order valence-electron chi connectivity index (χ4n) is 4.46. The van der Waals surface area contributed by atoms with Crippen molar-refractivity contribution in [1.82, 2.24) is 5.01 Å². The van der Waals surface area contributed by atoms with E-state index >= 15 is 0 Å². The Morgan fingerprint density at radius 3 is 2.77 bits per heavy atom. The van der Waals surface area contributed by atoms with E-state index in [1.54, 1.807) is 23.2 Å². The zero-order valence-corrected chi connectivity index (χ0v) is 15.6. The van der Waals surface area contributed by atoms with Gasteiger partial charge in [0.1, 0.15) is 6.54 Å². The minimum absolute atomic E-state index is 0.00824. The molecule has 5 heteroatoms. The third-order valence-corrected chi connectivity index (χ3v) is 6.34. The molecule has 1 aromatic rings. The number of rotatable bonds is 4. The van der Waals surface area contributed by atoms with Crippen molar-refractivity contribution in [3.8, 4) is 11.5 Å². The zero-order chi connectivity index (χ0) is 18.3. The molecule has 4 rings (SSSR count). The summed E-state index contributed by atoms with van der Waals surface area (Å²) in [6.45, 7) is 9.07. The number of hydrazone groups is 1. The second-order valence-corrected chi connectivity index (χ2v) is 7.72. The smallest absolute Gasteiger partial charge is 0.231 e. The van der Waals surface area contributed by atoms with Crippen molar-refractivity contribution >= 4 is 11.5 Å². The molecule has 26 heavy (non-hydrogen) atoms. The lowest BCUT2D eigenvalue weighted by Crippen LogP contribution is -2.37. The van der Waals surface area contributed by atoms with Crippen molar-refractivity contribution in [3.63, 3.8) is 0 Å². The number of ether oxygens (including phenoxy) is 2. The molecule has 0 aromatic heterocycles. The predicted octanol–water partition coefficient (Wildman–Crippen LogP) is 4.39. The van der Waals surface area contributed by atoms with Crippen LogP contribution in [0.25, 0.3) is 0 Å². The van der Waals surface area contributed by atoms with Gasteiger partial charge in [-0.1, -0.05) is 25.8 Å². The van der Waals surface area contributed by atoms with Crippen LogP contribution in [0.15, 0.2) is 35.6 Å². The molecule has 1 saturated carbocycles. The van der Waals surface area contributed by atoms with E-state index in [0.717, 1.165) is 11.4 Å². The third kappa shape index (κ3) is 2.70. The number of hydrogen-bond acceptors (Lipinski definition) is 5. The molecule has 1 atom stereocenters. The van der Waals surface area contributed by atoms with Crippen LogP contribution >= 0.6 is 0 Å². The number of benzene rings is 1. The number of allylic oxidation sites excluding steroid dienone is 1. The molecule has 0 radical (unpaired) electrons. The van der Waals surface area contributed by atoms with Crippen LogP contribution in [0, 0.1) is 11.3 Å². The number of carbonyl (C=O) groups excluding carboxylic acids is 1. The highest BCUT2D eigenvalue weighted by Crippen LogP contribution is 2.48. The van der Waals surface area contributed by atoms with Crippen LogP contribution in [0.4, 0.5) is 0 Å². The number of Topliss-reactive ketones (excluding diaryl/α,β-unsaturated/α-hetero) is 1. The Balaban J connectivity index is 1.50. The van der Waals surface area contributed by atoms with Crippen LogP contribution in [0.5, 0.6) is 11.5 Å². The molecule has 2 aliphatic heterocycles. The van der Waals surface area contributed by atoms with Gasteiger partial charge in [-0.15, -0.1) is 0 Å². The third-order valence-electron chi connectivity index (χ3n) is 6.34. The molecule has 1 fully saturated rings. The summed E-state index contributed by atoms with van der Waals surface area (Å²) in [4.78, 5) is 12.8. The Bertz CT molecular complexity index is 779. The summed E-state index contributed by atoms with van der Waals surface area (Å²) < 4.78 is 10.7. The van der Waals surface area contributed by atoms with Gasteiger partial charge in [-0.05, 0) is 50.8 Å². The van der Waals surface area contributed by atoms with Crippen molar-refractivity contribution in [1.29, 1.82) is 0 Å². The first-order chi connectivity index (χ1) is 12.5. The highest BCUT2D eigenvalue weighted by molar-refractivity contribution is 5.99. The molecule has 0 saturated heterocycles. The van der Waals surface area contributed by atoms with Crippen molar-refractivity contribution in [3.05, 3.63) is 36.0 Å². The predicted molar refractivity (Wildman–Crippen MR) is 101 cm³/mol. The average Bonchev–Trinajstić information content (AvgIpc) is 3.21. The summed E-state index contributed by atoms with van der Waals surface area (Å²) in [6.07, 6.45) is 6.30. The normalized spacial score (nSPS) is 25.5. The summed E-state index contributed by atoms with van der Waals surface area (Å²) in [5, 5.41) is 6.51. The minimum atomic E-state index is -0.129. The van der Waals surface area contributed by atoms with Crippen molar-refractivity contribution in [2.45, 2.75) is 46.0 Å². The summed E-state index contributed by atoms with van der Waals surface area (Å²) in [6, 6.07) is 5.32. The van der Waals surface area contributed by atoms with Crippen LogP contribution in [0.2, 0.25) is 0 Å². The first kappa shape index (κ1) is 17.1. The average molecular weight is 354 g/mol. The first-order valence-electron chi connectivity index (χ1n) is 9.45. The van der Waals surface area contributed by atoms with E-state index in [4.69, 9.17) is 14.6 Å². The van der Waals surface area contributed by atoms with Gasteiger partial charge < -0.3 is 9.47 Å². The molecule has 1 aromatic carbocycles. The lowest BCUT2D eigenvalue weighted by molar-refractivity contribution is 0.0943. The summed E-state index contributed by atoms with van der Waals surface area (Å²) >= 11 is 0. The lowest BCUT2D eigenvalue weighted by atomic mass is 9.66. The van der Waals surface area contributed by atoms with Gasteiger partial charge in [-0.2, -0.15) is 5.10 Å². The second-order valence-electron chi connectivity index (χ2n) is 7.72. The molecule has 0 amide bonds. The van der Waals surface area contributed by atoms with E-state index in [2.05, 4.69) is 20.4 Å². The van der Waals surface area contributed by atoms with E-state index in [1.165, 1.54) is 32.1 Å². The SMILES string of the molecule is C=C1N(CC(=O)c2ccc3c(c2)OCO3)N=C(C)C1(C)C1CCCCC1. The van der Waals surface area contributed by atoms with Gasteiger partial charge in [-0.3, -0.25) is 9.80 Å². The number of carbonyl (C=O) groups is 1. The van der Waals surface area contributed by atoms with Crippen molar-refractivity contribution < 1.29 is 14.3 Å². The van der Waals surface area contributed by atoms with Gasteiger partial charge in [0, 0.05) is 17.0 Å². The van der Waals surface area contributed by atoms with Gasteiger partial charge in [0.25, 0.3) is 0 Å². The van der Waals surface area contributed by atoms with Gasteiger partial charge >= 0.3 is 0 Å². The highest BCUT2D eigenvalue weighted by Gasteiger charge is 2.46. The maximum absolute atomic E-state index is 12.8. The van der Waals surface area contributed by atoms with E-state index in [0.29, 0.717) is 23.0 Å². The topological polar surface area (TPSA) is 51.1 Å². The molecule has 3 aliphatic rings. The standard InChI is InChI=1S/C21H26N2O3/c1-14-21(3,17-7-5-4-6-8-17)15(2)23(22-14)12-18(24)16-9-10-19-20(11-16)26-13-25-19/h9-11,17H,2,4-8,12-13H2,1,3H3. The summed E-state index contributed by atoms with van der Waals surface area (Å²) in [5.41, 5.74) is 2.51. The maximum Gasteiger partial charge on any atom is 0.231 e. The van der Waals surface area contributed by atoms with Crippen LogP contribution in [0.3, 0.4) is 0 Å². The number of hydrogen-bond donors (Lipinski definition) is 0. The van der Waals surface area contributed by atoms with Gasteiger partial charge in [-0.25, -0.2) is 0 Å². The van der Waals surface area contributed by atoms with E-state index in [1.807, 2.05) is 0 Å². The molecule has 0 N–H and O–H groups in total. The fourth-order valence-corrected chi connectivity index (χ4v) is 4.46. The van der Waals surface area contributed by atoms with Gasteiger partial charge in [0.2, 0.25) is 6.79 Å². The first-order valence-corrected chi connectivity index (χ1v) is 9.45. The van der Waals surface area contributed by atoms with Gasteiger partial charge in [0.05, 0.1) is 5.41 Å². The van der Waals surface area contributed by atoms with Crippen LogP contribution in [0.1, 0.15) is 56.3 Å². The number of nitrogens with zero attached hydrogens (tertiary/aromatic N) is 2. The zero-order valence-electron chi connectivity index (χ0n) is 15.6. The largest absolute Gasteiger partial charge is 0.454 e. The van der Waals surface area contributed by atoms with Crippen molar-refractivity contribution in [2.24, 2.45) is 16.4 Å². The maximum atomic E-state index is 12.8. The van der Waals surface area contributed by atoms with E-state index < -0.39 is 0 Å². The highest BCUT2D eigenvalue weighted by atomic mass is 16.7. The summed E-state index contributed by atoms with van der Waals surface area (Å²) in [7, 11) is 0. The Labute approximate surface area is 154 Å². The molecule has 138 valence electrons. The van der Waals surface area contributed by atoms with E-state index in [-0.39, 0.29) is 24.5 Å². The quantitative estimate of drug-likeness (QED) is 0.753. The molecule has 1 aliphatic carbocycles. The molecule has 1 unspecified atom stereocenters. The molecule has 5 nitrogen and oxygen atoms in total. The molecule has 0 spiro atoms. The Hall–Kier alpha value is -2.30. The summed E-state index contributed by atoms with van der Waals surface area (Å²) in [5.74, 6) is 1.89. The minimum Gasteiger partial charge on any atom is -0.454 e. The van der Waals surface area contributed by atoms with Crippen LogP contribution in [-0.4, -0.2) is 29.8 Å². The molecular formula is C21H26N2O3. The monoisotopic (exact) mass is 354 g/mol. The Morgan fingerprint density at radius 1 is 1.27 bits per heavy atom. The van der Waals surface area contributed by atoms with E-state index in [9.17, 15) is 4.79 Å². The van der Waals surface area contributed by atoms with Gasteiger partial charge in [0.15, 0.2) is 17.3 Å². The van der Waals surface area contributed by atoms with Crippen LogP contribution < -0.4 is 9.47 Å². The second kappa shape index (κ2) is 6.45. The van der Waals surface area contributed by atoms with Crippen molar-refractivity contribution in [2.75, 3.05) is 13.3 Å². The Kier molecular flexibility index (Phi) is 4.25. The lowest BCUT2D eigenvalue weighted by Gasteiger charge is -2.38. The number of ketones is 1. The Morgan fingerprint density at radius 2 is 2.00 bits per heavy atom.